The zero-order valence-corrected chi connectivity index (χ0v) is 11.9. The molecule has 0 radical (unpaired) electrons. The van der Waals surface area contributed by atoms with Gasteiger partial charge in [0.1, 0.15) is 5.75 Å². The summed E-state index contributed by atoms with van der Waals surface area (Å²) in [6.07, 6.45) is 2.65. The molecule has 1 amide bonds. The summed E-state index contributed by atoms with van der Waals surface area (Å²) in [5.41, 5.74) is 0.841. The Morgan fingerprint density at radius 2 is 1.86 bits per heavy atom. The quantitative estimate of drug-likeness (QED) is 0.522. The maximum atomic E-state index is 11.9. The van der Waals surface area contributed by atoms with Gasteiger partial charge < -0.3 is 10.1 Å². The summed E-state index contributed by atoms with van der Waals surface area (Å²) < 4.78 is 5.13. The van der Waals surface area contributed by atoms with Crippen molar-refractivity contribution in [2.24, 2.45) is 0 Å². The number of carbonyl (C=O) groups is 1. The van der Waals surface area contributed by atoms with Crippen LogP contribution in [0.4, 0.5) is 11.4 Å². The van der Waals surface area contributed by atoms with Crippen molar-refractivity contribution < 1.29 is 14.5 Å². The Morgan fingerprint density at radius 3 is 2.59 bits per heavy atom. The summed E-state index contributed by atoms with van der Waals surface area (Å²) in [5, 5.41) is 13.6. The molecule has 0 fully saturated rings. The molecule has 2 rings (SSSR count). The minimum atomic E-state index is -0.488. The van der Waals surface area contributed by atoms with Crippen molar-refractivity contribution >= 4 is 23.4 Å². The Morgan fingerprint density at radius 1 is 1.18 bits per heavy atom. The molecule has 6 heteroatoms. The number of benzene rings is 2. The van der Waals surface area contributed by atoms with E-state index in [0.717, 1.165) is 0 Å². The third-order valence-electron chi connectivity index (χ3n) is 2.91. The number of rotatable bonds is 5. The molecule has 0 aliphatic rings. The van der Waals surface area contributed by atoms with Crippen LogP contribution in [0.5, 0.6) is 5.75 Å². The lowest BCUT2D eigenvalue weighted by Crippen LogP contribution is -2.08. The number of hydrogen-bond acceptors (Lipinski definition) is 4. The van der Waals surface area contributed by atoms with Crippen molar-refractivity contribution in [2.45, 2.75) is 0 Å². The molecule has 0 saturated heterocycles. The Bertz CT molecular complexity index is 726. The fourth-order valence-electron chi connectivity index (χ4n) is 1.88. The van der Waals surface area contributed by atoms with Crippen LogP contribution in [-0.2, 0) is 4.79 Å². The second-order valence-electron chi connectivity index (χ2n) is 4.34. The zero-order valence-electron chi connectivity index (χ0n) is 11.9. The first-order valence-electron chi connectivity index (χ1n) is 6.47. The molecule has 0 aromatic heterocycles. The van der Waals surface area contributed by atoms with Crippen LogP contribution >= 0.6 is 0 Å². The molecule has 2 aromatic carbocycles. The SMILES string of the molecule is COc1ccccc1NC(=O)C=Cc1ccccc1[N+](=O)[O-]. The highest BCUT2D eigenvalue weighted by Gasteiger charge is 2.10. The molecule has 1 N–H and O–H groups in total. The number of nitrogens with one attached hydrogen (secondary N) is 1. The van der Waals surface area contributed by atoms with Crippen LogP contribution in [0.2, 0.25) is 0 Å². The standard InChI is InChI=1S/C16H14N2O4/c1-22-15-9-5-3-7-13(15)17-16(19)11-10-12-6-2-4-8-14(12)18(20)21/h2-11H,1H3,(H,17,19). The molecule has 0 aliphatic carbocycles. The van der Waals surface area contributed by atoms with Gasteiger partial charge in [0.15, 0.2) is 0 Å². The topological polar surface area (TPSA) is 81.5 Å². The fraction of sp³-hybridized carbons (Fsp3) is 0.0625. The number of para-hydroxylation sites is 3. The summed E-state index contributed by atoms with van der Waals surface area (Å²) >= 11 is 0. The van der Waals surface area contributed by atoms with Crippen LogP contribution in [0.15, 0.2) is 54.6 Å². The highest BCUT2D eigenvalue weighted by Crippen LogP contribution is 2.23. The Labute approximate surface area is 127 Å². The van der Waals surface area contributed by atoms with Crippen molar-refractivity contribution in [3.63, 3.8) is 0 Å². The van der Waals surface area contributed by atoms with E-state index in [1.54, 1.807) is 42.5 Å². The molecule has 0 saturated carbocycles. The highest BCUT2D eigenvalue weighted by molar-refractivity contribution is 6.03. The summed E-state index contributed by atoms with van der Waals surface area (Å²) in [4.78, 5) is 22.3. The summed E-state index contributed by atoms with van der Waals surface area (Å²) in [7, 11) is 1.51. The van der Waals surface area contributed by atoms with Crippen LogP contribution in [0.3, 0.4) is 0 Å². The maximum Gasteiger partial charge on any atom is 0.276 e. The first-order valence-corrected chi connectivity index (χ1v) is 6.47. The number of nitro benzene ring substituents is 1. The van der Waals surface area contributed by atoms with E-state index in [1.807, 2.05) is 0 Å². The average molecular weight is 298 g/mol. The van der Waals surface area contributed by atoms with Gasteiger partial charge in [0.2, 0.25) is 5.91 Å². The molecule has 0 spiro atoms. The van der Waals surface area contributed by atoms with E-state index in [9.17, 15) is 14.9 Å². The highest BCUT2D eigenvalue weighted by atomic mass is 16.6. The molecule has 112 valence electrons. The van der Waals surface area contributed by atoms with E-state index in [1.165, 1.54) is 25.3 Å². The van der Waals surface area contributed by atoms with Crippen molar-refractivity contribution in [1.82, 2.24) is 0 Å². The lowest BCUT2D eigenvalue weighted by molar-refractivity contribution is -0.385. The van der Waals surface area contributed by atoms with Gasteiger partial charge >= 0.3 is 0 Å². The Kier molecular flexibility index (Phi) is 4.87. The number of methoxy groups -OCH3 is 1. The van der Waals surface area contributed by atoms with E-state index in [-0.39, 0.29) is 5.69 Å². The smallest absolute Gasteiger partial charge is 0.276 e. The van der Waals surface area contributed by atoms with E-state index in [0.29, 0.717) is 17.0 Å². The number of hydrogen-bond donors (Lipinski definition) is 1. The number of anilines is 1. The first-order chi connectivity index (χ1) is 10.6. The Hall–Kier alpha value is -3.15. The van der Waals surface area contributed by atoms with Crippen molar-refractivity contribution in [3.8, 4) is 5.75 Å². The first kappa shape index (κ1) is 15.2. The predicted octanol–water partition coefficient (Wildman–Crippen LogP) is 3.26. The average Bonchev–Trinajstić information content (AvgIpc) is 2.53. The number of amides is 1. The lowest BCUT2D eigenvalue weighted by atomic mass is 10.1. The van der Waals surface area contributed by atoms with Crippen LogP contribution < -0.4 is 10.1 Å². The monoisotopic (exact) mass is 298 g/mol. The second kappa shape index (κ2) is 7.03. The predicted molar refractivity (Wildman–Crippen MR) is 83.8 cm³/mol. The van der Waals surface area contributed by atoms with Crippen LogP contribution in [0.1, 0.15) is 5.56 Å². The minimum absolute atomic E-state index is 0.0520. The van der Waals surface area contributed by atoms with Gasteiger partial charge in [-0.05, 0) is 24.3 Å². The minimum Gasteiger partial charge on any atom is -0.495 e. The number of nitrogens with zero attached hydrogens (tertiary/aromatic N) is 1. The van der Waals surface area contributed by atoms with Crippen molar-refractivity contribution in [3.05, 3.63) is 70.3 Å². The third kappa shape index (κ3) is 3.69. The van der Waals surface area contributed by atoms with Crippen LogP contribution in [-0.4, -0.2) is 17.9 Å². The van der Waals surface area contributed by atoms with Gasteiger partial charge in [0.25, 0.3) is 5.69 Å². The summed E-state index contributed by atoms with van der Waals surface area (Å²) in [5.74, 6) is 0.137. The normalized spacial score (nSPS) is 10.4. The largest absolute Gasteiger partial charge is 0.495 e. The van der Waals surface area contributed by atoms with Crippen LogP contribution in [0, 0.1) is 10.1 Å². The van der Waals surface area contributed by atoms with Crippen molar-refractivity contribution in [2.75, 3.05) is 12.4 Å². The van der Waals surface area contributed by atoms with E-state index >= 15 is 0 Å². The molecular weight excluding hydrogens is 284 g/mol. The molecule has 0 heterocycles. The Balaban J connectivity index is 2.14. The van der Waals surface area contributed by atoms with Gasteiger partial charge in [-0.1, -0.05) is 24.3 Å². The number of nitro groups is 1. The molecule has 0 atom stereocenters. The lowest BCUT2D eigenvalue weighted by Gasteiger charge is -2.07. The van der Waals surface area contributed by atoms with Crippen molar-refractivity contribution in [1.29, 1.82) is 0 Å². The fourth-order valence-corrected chi connectivity index (χ4v) is 1.88. The molecule has 0 bridgehead atoms. The maximum absolute atomic E-state index is 11.9. The van der Waals surface area contributed by atoms with Gasteiger partial charge in [0, 0.05) is 12.1 Å². The van der Waals surface area contributed by atoms with Gasteiger partial charge in [0.05, 0.1) is 23.3 Å². The molecular formula is C16H14N2O4. The zero-order chi connectivity index (χ0) is 15.9. The van der Waals surface area contributed by atoms with E-state index < -0.39 is 10.8 Å². The molecule has 2 aromatic rings. The second-order valence-corrected chi connectivity index (χ2v) is 4.34. The molecule has 0 aliphatic heterocycles. The van der Waals surface area contributed by atoms with Gasteiger partial charge in [-0.25, -0.2) is 0 Å². The summed E-state index contributed by atoms with van der Waals surface area (Å²) in [6.45, 7) is 0. The number of ether oxygens (including phenoxy) is 1. The van der Waals surface area contributed by atoms with E-state index in [4.69, 9.17) is 4.74 Å². The molecule has 6 nitrogen and oxygen atoms in total. The van der Waals surface area contributed by atoms with Crippen LogP contribution in [0.25, 0.3) is 6.08 Å². The third-order valence-corrected chi connectivity index (χ3v) is 2.91. The number of carbonyl (C=O) groups excluding carboxylic acids is 1. The van der Waals surface area contributed by atoms with Gasteiger partial charge in [-0.15, -0.1) is 0 Å². The molecule has 22 heavy (non-hydrogen) atoms. The summed E-state index contributed by atoms with van der Waals surface area (Å²) in [6, 6.07) is 13.2. The van der Waals surface area contributed by atoms with E-state index in [2.05, 4.69) is 5.32 Å². The van der Waals surface area contributed by atoms with Gasteiger partial charge in [-0.2, -0.15) is 0 Å². The molecule has 0 unspecified atom stereocenters. The van der Waals surface area contributed by atoms with Gasteiger partial charge in [-0.3, -0.25) is 14.9 Å².